The van der Waals surface area contributed by atoms with Gasteiger partial charge in [0.2, 0.25) is 21.8 Å². The van der Waals surface area contributed by atoms with Gasteiger partial charge >= 0.3 is 12.3 Å². The van der Waals surface area contributed by atoms with Gasteiger partial charge in [0.05, 0.1) is 23.9 Å². The Kier molecular flexibility index (Phi) is 11.0. The van der Waals surface area contributed by atoms with Crippen LogP contribution in [0.25, 0.3) is 10.9 Å². The van der Waals surface area contributed by atoms with Gasteiger partial charge in [0.25, 0.3) is 5.91 Å². The van der Waals surface area contributed by atoms with Gasteiger partial charge in [-0.15, -0.1) is 0 Å². The Balaban J connectivity index is 1.22. The van der Waals surface area contributed by atoms with Crippen molar-refractivity contribution >= 4 is 44.7 Å². The van der Waals surface area contributed by atoms with Crippen LogP contribution in [0, 0.1) is 5.92 Å². The van der Waals surface area contributed by atoms with E-state index in [9.17, 15) is 27.6 Å². The maximum Gasteiger partial charge on any atom is 0.437 e. The average Bonchev–Trinajstić information content (AvgIpc) is 4.05. The third kappa shape index (κ3) is 8.30. The Morgan fingerprint density at radius 3 is 2.39 bits per heavy atom. The highest BCUT2D eigenvalue weighted by atomic mass is 32.2. The Bertz CT molecular complexity index is 2310. The second kappa shape index (κ2) is 15.6. The summed E-state index contributed by atoms with van der Waals surface area (Å²) in [5.74, 6) is -3.05. The minimum Gasteiger partial charge on any atom is -0.497 e. The van der Waals surface area contributed by atoms with Crippen molar-refractivity contribution < 1.29 is 55.0 Å². The van der Waals surface area contributed by atoms with Crippen LogP contribution < -0.4 is 24.8 Å². The molecule has 3 N–H and O–H groups in total. The first kappa shape index (κ1) is 44.0. The van der Waals surface area contributed by atoms with E-state index in [1.807, 2.05) is 11.0 Å². The molecule has 8 rings (SSSR count). The lowest BCUT2D eigenvalue weighted by Crippen LogP contribution is -2.58. The van der Waals surface area contributed by atoms with E-state index < -0.39 is 97.0 Å². The number of hydrogen-bond acceptors (Lipinski definition) is 11. The van der Waals surface area contributed by atoms with E-state index in [0.29, 0.717) is 62.8 Å². The number of ether oxygens (including phenoxy) is 3. The van der Waals surface area contributed by atoms with Crippen molar-refractivity contribution in [3.05, 3.63) is 41.6 Å². The molecule has 4 amide bonds. The number of benzene rings is 1. The Morgan fingerprint density at radius 2 is 1.74 bits per heavy atom. The minimum absolute atomic E-state index is 0.0825. The SMILES string of the molecule is COc1ccc2nc(C(F)(F)F)c3c(c2c1)[C@H](N1CCC1)C[C@]1(C[C@H]2C(=O)N[C@]4(C(=O)NS(=O)(=O)C5(C)CC5)C[C@H]4/C=C\CCCCC[C@H](NC(=O)OC(C)(C)C)C(=O)N2C1)O3. The standard InChI is InChI=1S/C43H55F3N6O9S/c1-39(2,3)61-38(56)48-29-13-10-8-6-7-9-12-25-21-42(25,37(55)50-62(57,58)40(4)16-17-40)49-35(53)31-23-41(24-52(31)36(29)54)22-30(51-18-11-19-51)32-27-20-26(59-5)14-15-28(27)47-34(33(32)60-41)43(44,45)46/h9,12,14-15,20,25,29-31H,6-8,10-11,13,16-19,21-24H2,1-5H3,(H,48,56)(H,49,53)(H,50,55)/b12-9-/t25-,29+,30-,31+,41-,42-/m1/s1. The topological polar surface area (TPSA) is 186 Å². The average molecular weight is 889 g/mol. The number of fused-ring (bicyclic) bond motifs is 5. The van der Waals surface area contributed by atoms with Gasteiger partial charge in [0, 0.05) is 35.8 Å². The first-order chi connectivity index (χ1) is 29.1. The fourth-order valence-electron chi connectivity index (χ4n) is 9.34. The van der Waals surface area contributed by atoms with E-state index in [2.05, 4.69) is 20.3 Å². The molecule has 4 aliphatic heterocycles. The summed E-state index contributed by atoms with van der Waals surface area (Å²) in [5, 5.41) is 5.95. The first-order valence-electron chi connectivity index (χ1n) is 21.5. The zero-order chi connectivity index (χ0) is 44.6. The van der Waals surface area contributed by atoms with Gasteiger partial charge in [-0.1, -0.05) is 25.0 Å². The van der Waals surface area contributed by atoms with Crippen molar-refractivity contribution in [3.8, 4) is 11.5 Å². The predicted molar refractivity (Wildman–Crippen MR) is 219 cm³/mol. The number of pyridine rings is 1. The van der Waals surface area contributed by atoms with Crippen molar-refractivity contribution in [2.24, 2.45) is 5.92 Å². The molecule has 15 nitrogen and oxygen atoms in total. The fraction of sp³-hybridized carbons (Fsp3) is 0.651. The number of nitrogens with zero attached hydrogens (tertiary/aromatic N) is 3. The highest BCUT2D eigenvalue weighted by Gasteiger charge is 2.64. The number of carbonyl (C=O) groups excluding carboxylic acids is 4. The van der Waals surface area contributed by atoms with Crippen LogP contribution in [0.4, 0.5) is 18.0 Å². The third-order valence-corrected chi connectivity index (χ3v) is 15.5. The maximum atomic E-state index is 15.1. The molecule has 0 unspecified atom stereocenters. The zero-order valence-corrected chi connectivity index (χ0v) is 36.5. The molecule has 4 fully saturated rings. The number of carbonyl (C=O) groups is 4. The van der Waals surface area contributed by atoms with E-state index in [1.165, 1.54) is 31.1 Å². The van der Waals surface area contributed by atoms with Gasteiger partial charge < -0.3 is 29.7 Å². The zero-order valence-electron chi connectivity index (χ0n) is 35.7. The molecule has 6 atom stereocenters. The van der Waals surface area contributed by atoms with Crippen LogP contribution >= 0.6 is 0 Å². The summed E-state index contributed by atoms with van der Waals surface area (Å²) in [7, 11) is -2.65. The minimum atomic E-state index is -4.96. The number of likely N-dealkylation sites (tertiary alicyclic amines) is 1. The Morgan fingerprint density at radius 1 is 1.02 bits per heavy atom. The van der Waals surface area contributed by atoms with Gasteiger partial charge in [-0.05, 0) is 104 Å². The lowest BCUT2D eigenvalue weighted by molar-refractivity contribution is -0.145. The molecule has 0 bridgehead atoms. The number of methoxy groups -OCH3 is 1. The van der Waals surface area contributed by atoms with Gasteiger partial charge in [-0.2, -0.15) is 13.2 Å². The van der Waals surface area contributed by atoms with Crippen LogP contribution in [0.5, 0.6) is 11.5 Å². The van der Waals surface area contributed by atoms with Crippen LogP contribution in [0.2, 0.25) is 0 Å². The van der Waals surface area contributed by atoms with Crippen LogP contribution in [-0.2, 0) is 35.3 Å². The maximum absolute atomic E-state index is 15.1. The van der Waals surface area contributed by atoms with E-state index in [-0.39, 0.29) is 43.3 Å². The highest BCUT2D eigenvalue weighted by Crippen LogP contribution is 2.55. The largest absolute Gasteiger partial charge is 0.497 e. The monoisotopic (exact) mass is 888 g/mol. The molecule has 19 heteroatoms. The number of sulfonamides is 1. The molecule has 1 spiro atoms. The molecule has 338 valence electrons. The molecule has 2 saturated carbocycles. The van der Waals surface area contributed by atoms with Crippen molar-refractivity contribution in [1.82, 2.24) is 30.1 Å². The van der Waals surface area contributed by atoms with Crippen molar-refractivity contribution in [3.63, 3.8) is 0 Å². The molecule has 1 aromatic heterocycles. The molecular weight excluding hydrogens is 834 g/mol. The normalized spacial score (nSPS) is 30.5. The molecule has 1 aromatic carbocycles. The molecule has 2 aliphatic carbocycles. The van der Waals surface area contributed by atoms with Crippen LogP contribution in [-0.4, -0.2) is 107 Å². The molecule has 62 heavy (non-hydrogen) atoms. The fourth-order valence-corrected chi connectivity index (χ4v) is 10.6. The van der Waals surface area contributed by atoms with E-state index in [4.69, 9.17) is 14.2 Å². The van der Waals surface area contributed by atoms with Crippen LogP contribution in [0.1, 0.15) is 116 Å². The number of nitrogens with one attached hydrogen (secondary N) is 3. The van der Waals surface area contributed by atoms with Gasteiger partial charge in [-0.25, -0.2) is 18.2 Å². The van der Waals surface area contributed by atoms with Crippen molar-refractivity contribution in [2.45, 2.75) is 144 Å². The molecule has 2 aromatic rings. The lowest BCUT2D eigenvalue weighted by atomic mass is 9.81. The quantitative estimate of drug-likeness (QED) is 0.315. The number of rotatable bonds is 6. The molecule has 2 saturated heterocycles. The number of amides is 4. The number of alkyl carbamates (subject to hydrolysis) is 1. The van der Waals surface area contributed by atoms with Crippen LogP contribution in [0.15, 0.2) is 30.4 Å². The van der Waals surface area contributed by atoms with E-state index in [1.54, 1.807) is 32.9 Å². The molecule has 5 heterocycles. The van der Waals surface area contributed by atoms with E-state index in [0.717, 1.165) is 6.42 Å². The van der Waals surface area contributed by atoms with Gasteiger partial charge in [0.15, 0.2) is 11.4 Å². The number of alkyl halides is 3. The summed E-state index contributed by atoms with van der Waals surface area (Å²) in [6.07, 6.45) is 1.92. The van der Waals surface area contributed by atoms with Gasteiger partial charge in [0.1, 0.15) is 34.6 Å². The summed E-state index contributed by atoms with van der Waals surface area (Å²) in [4.78, 5) is 64.6. The number of allylic oxidation sites excluding steroid dienone is 1. The summed E-state index contributed by atoms with van der Waals surface area (Å²) >= 11 is 0. The molecular formula is C43H55F3N6O9S. The molecule has 6 aliphatic rings. The highest BCUT2D eigenvalue weighted by molar-refractivity contribution is 7.91. The summed E-state index contributed by atoms with van der Waals surface area (Å²) < 4.78 is 90.7. The lowest BCUT2D eigenvalue weighted by Gasteiger charge is -2.47. The second-order valence-electron chi connectivity index (χ2n) is 19.1. The Hall–Kier alpha value is -4.65. The smallest absolute Gasteiger partial charge is 0.437 e. The number of halogens is 3. The van der Waals surface area contributed by atoms with Crippen molar-refractivity contribution in [2.75, 3.05) is 26.7 Å². The first-order valence-corrected chi connectivity index (χ1v) is 22.9. The summed E-state index contributed by atoms with van der Waals surface area (Å²) in [5.41, 5.74) is -5.04. The van der Waals surface area contributed by atoms with Crippen molar-refractivity contribution in [1.29, 1.82) is 0 Å². The second-order valence-corrected chi connectivity index (χ2v) is 21.3. The van der Waals surface area contributed by atoms with E-state index >= 15 is 13.2 Å². The summed E-state index contributed by atoms with van der Waals surface area (Å²) in [6, 6.07) is 1.38. The third-order valence-electron chi connectivity index (χ3n) is 13.3. The van der Waals surface area contributed by atoms with Gasteiger partial charge in [-0.3, -0.25) is 24.0 Å². The predicted octanol–water partition coefficient (Wildman–Crippen LogP) is 5.42. The summed E-state index contributed by atoms with van der Waals surface area (Å²) in [6.45, 7) is 7.38. The Labute approximate surface area is 358 Å². The number of hydrogen-bond donors (Lipinski definition) is 3. The molecule has 0 radical (unpaired) electrons. The van der Waals surface area contributed by atoms with Crippen LogP contribution in [0.3, 0.4) is 0 Å². The number of aromatic nitrogens is 1.